The molecule has 4 nitrogen and oxygen atoms in total. The van der Waals surface area contributed by atoms with Crippen molar-refractivity contribution in [2.45, 2.75) is 38.7 Å². The highest BCUT2D eigenvalue weighted by Gasteiger charge is 2.51. The van der Waals surface area contributed by atoms with Crippen LogP contribution in [0.5, 0.6) is 0 Å². The van der Waals surface area contributed by atoms with Crippen molar-refractivity contribution in [1.29, 1.82) is 0 Å². The first kappa shape index (κ1) is 10.5. The highest BCUT2D eigenvalue weighted by molar-refractivity contribution is 5.85. The number of fused-ring (bicyclic) bond motifs is 2. The molecule has 2 bridgehead atoms. The first-order chi connectivity index (χ1) is 7.22. The summed E-state index contributed by atoms with van der Waals surface area (Å²) in [6.07, 6.45) is 3.21. The molecule has 0 amide bonds. The Kier molecular flexibility index (Phi) is 2.93. The minimum absolute atomic E-state index is 0.0359. The van der Waals surface area contributed by atoms with Gasteiger partial charge in [-0.3, -0.25) is 9.59 Å². The van der Waals surface area contributed by atoms with Crippen molar-refractivity contribution < 1.29 is 19.1 Å². The molecule has 0 aromatic rings. The van der Waals surface area contributed by atoms with Crippen LogP contribution in [0.4, 0.5) is 0 Å². The van der Waals surface area contributed by atoms with Crippen molar-refractivity contribution in [3.8, 4) is 0 Å². The molecule has 0 aromatic heterocycles. The third-order valence-electron chi connectivity index (χ3n) is 3.15. The Balaban J connectivity index is 1.84. The van der Waals surface area contributed by atoms with E-state index in [1.807, 2.05) is 6.92 Å². The van der Waals surface area contributed by atoms with Gasteiger partial charge in [0.05, 0.1) is 18.4 Å². The van der Waals surface area contributed by atoms with Crippen molar-refractivity contribution in [2.75, 3.05) is 6.61 Å². The molecule has 1 heterocycles. The summed E-state index contributed by atoms with van der Waals surface area (Å²) in [5.41, 5.74) is 0. The van der Waals surface area contributed by atoms with Crippen LogP contribution in [0.1, 0.15) is 32.6 Å². The molecule has 2 aliphatic rings. The zero-order valence-electron chi connectivity index (χ0n) is 8.90. The van der Waals surface area contributed by atoms with E-state index in [0.717, 1.165) is 12.8 Å². The number of carbonyl (C=O) groups is 2. The summed E-state index contributed by atoms with van der Waals surface area (Å²) in [5, 5.41) is 0. The van der Waals surface area contributed by atoms with E-state index in [1.165, 1.54) is 0 Å². The van der Waals surface area contributed by atoms with Crippen LogP contribution in [-0.4, -0.2) is 24.6 Å². The molecule has 2 fully saturated rings. The zero-order chi connectivity index (χ0) is 10.8. The summed E-state index contributed by atoms with van der Waals surface area (Å²) in [5.74, 6) is -0.909. The largest absolute Gasteiger partial charge is 0.465 e. The van der Waals surface area contributed by atoms with E-state index in [-0.39, 0.29) is 29.9 Å². The molecule has 1 saturated carbocycles. The topological polar surface area (TPSA) is 52.6 Å². The lowest BCUT2D eigenvalue weighted by Gasteiger charge is -2.19. The fraction of sp³-hybridized carbons (Fsp3) is 0.818. The summed E-state index contributed by atoms with van der Waals surface area (Å²) < 4.78 is 10.1. The summed E-state index contributed by atoms with van der Waals surface area (Å²) in [7, 11) is 0. The fourth-order valence-corrected chi connectivity index (χ4v) is 2.28. The van der Waals surface area contributed by atoms with E-state index < -0.39 is 0 Å². The quantitative estimate of drug-likeness (QED) is 0.520. The first-order valence-corrected chi connectivity index (χ1v) is 5.59. The SMILES string of the molecule is CCCCOC(=O)C1CC2CC1C(=O)O2. The van der Waals surface area contributed by atoms with Crippen LogP contribution in [0.15, 0.2) is 0 Å². The van der Waals surface area contributed by atoms with Crippen LogP contribution >= 0.6 is 0 Å². The van der Waals surface area contributed by atoms with Gasteiger partial charge in [-0.15, -0.1) is 0 Å². The molecule has 3 atom stereocenters. The Morgan fingerprint density at radius 2 is 2.33 bits per heavy atom. The van der Waals surface area contributed by atoms with Crippen LogP contribution in [0.25, 0.3) is 0 Å². The van der Waals surface area contributed by atoms with Gasteiger partial charge < -0.3 is 9.47 Å². The van der Waals surface area contributed by atoms with E-state index >= 15 is 0 Å². The number of carbonyl (C=O) groups excluding carboxylic acids is 2. The van der Waals surface area contributed by atoms with Crippen molar-refractivity contribution in [3.05, 3.63) is 0 Å². The van der Waals surface area contributed by atoms with Crippen molar-refractivity contribution in [1.82, 2.24) is 0 Å². The predicted octanol–water partition coefficient (Wildman–Crippen LogP) is 1.28. The van der Waals surface area contributed by atoms with Gasteiger partial charge in [0, 0.05) is 0 Å². The maximum Gasteiger partial charge on any atom is 0.310 e. The lowest BCUT2D eigenvalue weighted by molar-refractivity contribution is -0.162. The van der Waals surface area contributed by atoms with Crippen LogP contribution in [0.3, 0.4) is 0 Å². The molecular weight excluding hydrogens is 196 g/mol. The van der Waals surface area contributed by atoms with E-state index in [4.69, 9.17) is 9.47 Å². The van der Waals surface area contributed by atoms with Crippen LogP contribution in [-0.2, 0) is 19.1 Å². The molecule has 1 aliphatic heterocycles. The van der Waals surface area contributed by atoms with Crippen LogP contribution < -0.4 is 0 Å². The standard InChI is InChI=1S/C11H16O4/c1-2-3-4-14-10(12)8-5-7-6-9(8)11(13)15-7/h7-9H,2-6H2,1H3. The fourth-order valence-electron chi connectivity index (χ4n) is 2.28. The van der Waals surface area contributed by atoms with Crippen molar-refractivity contribution in [2.24, 2.45) is 11.8 Å². The molecular formula is C11H16O4. The number of hydrogen-bond acceptors (Lipinski definition) is 4. The Hall–Kier alpha value is -1.06. The van der Waals surface area contributed by atoms with Crippen molar-refractivity contribution >= 4 is 11.9 Å². The number of rotatable bonds is 4. The third kappa shape index (κ3) is 1.98. The van der Waals surface area contributed by atoms with Crippen molar-refractivity contribution in [3.63, 3.8) is 0 Å². The Labute approximate surface area is 88.9 Å². The highest BCUT2D eigenvalue weighted by atomic mass is 16.6. The molecule has 2 rings (SSSR count). The zero-order valence-corrected chi connectivity index (χ0v) is 8.90. The van der Waals surface area contributed by atoms with Gasteiger partial charge in [-0.05, 0) is 19.3 Å². The van der Waals surface area contributed by atoms with Gasteiger partial charge in [0.1, 0.15) is 6.10 Å². The van der Waals surface area contributed by atoms with Gasteiger partial charge in [-0.1, -0.05) is 13.3 Å². The predicted molar refractivity (Wildman–Crippen MR) is 52.0 cm³/mol. The molecule has 0 spiro atoms. The number of esters is 2. The summed E-state index contributed by atoms with van der Waals surface area (Å²) in [6.45, 7) is 2.51. The molecule has 0 N–H and O–H groups in total. The lowest BCUT2D eigenvalue weighted by atomic mass is 9.96. The second-order valence-electron chi connectivity index (χ2n) is 4.26. The molecule has 0 radical (unpaired) electrons. The van der Waals surface area contributed by atoms with E-state index in [2.05, 4.69) is 0 Å². The van der Waals surface area contributed by atoms with Gasteiger partial charge in [0.2, 0.25) is 0 Å². The Morgan fingerprint density at radius 1 is 1.53 bits per heavy atom. The van der Waals surface area contributed by atoms with Crippen LogP contribution in [0.2, 0.25) is 0 Å². The summed E-state index contributed by atoms with van der Waals surface area (Å²) in [4.78, 5) is 22.9. The molecule has 15 heavy (non-hydrogen) atoms. The maximum absolute atomic E-state index is 11.6. The molecule has 1 saturated heterocycles. The Morgan fingerprint density at radius 3 is 2.93 bits per heavy atom. The third-order valence-corrected chi connectivity index (χ3v) is 3.15. The highest BCUT2D eigenvalue weighted by Crippen LogP contribution is 2.41. The molecule has 4 heteroatoms. The molecule has 84 valence electrons. The second kappa shape index (κ2) is 4.21. The first-order valence-electron chi connectivity index (χ1n) is 5.59. The van der Waals surface area contributed by atoms with E-state index in [1.54, 1.807) is 0 Å². The lowest BCUT2D eigenvalue weighted by Crippen LogP contribution is -2.30. The second-order valence-corrected chi connectivity index (χ2v) is 4.26. The Bertz CT molecular complexity index is 274. The molecule has 0 aromatic carbocycles. The van der Waals surface area contributed by atoms with E-state index in [9.17, 15) is 9.59 Å². The minimum atomic E-state index is -0.242. The maximum atomic E-state index is 11.6. The van der Waals surface area contributed by atoms with Gasteiger partial charge in [-0.25, -0.2) is 0 Å². The van der Waals surface area contributed by atoms with E-state index in [0.29, 0.717) is 19.4 Å². The monoisotopic (exact) mass is 212 g/mol. The molecule has 3 unspecified atom stereocenters. The average Bonchev–Trinajstić information content (AvgIpc) is 2.76. The van der Waals surface area contributed by atoms with Gasteiger partial charge in [0.25, 0.3) is 0 Å². The van der Waals surface area contributed by atoms with Gasteiger partial charge >= 0.3 is 11.9 Å². The number of hydrogen-bond donors (Lipinski definition) is 0. The summed E-state index contributed by atoms with van der Waals surface area (Å²) >= 11 is 0. The smallest absolute Gasteiger partial charge is 0.310 e. The van der Waals surface area contributed by atoms with Crippen LogP contribution in [0, 0.1) is 11.8 Å². The summed E-state index contributed by atoms with van der Waals surface area (Å²) in [6, 6.07) is 0. The molecule has 1 aliphatic carbocycles. The number of unbranched alkanes of at least 4 members (excludes halogenated alkanes) is 1. The van der Waals surface area contributed by atoms with Gasteiger partial charge in [-0.2, -0.15) is 0 Å². The average molecular weight is 212 g/mol. The normalized spacial score (nSPS) is 32.9. The van der Waals surface area contributed by atoms with Gasteiger partial charge in [0.15, 0.2) is 0 Å². The minimum Gasteiger partial charge on any atom is -0.465 e. The number of ether oxygens (including phenoxy) is 2.